The van der Waals surface area contributed by atoms with Crippen molar-refractivity contribution in [2.45, 2.75) is 33.7 Å². The van der Waals surface area contributed by atoms with E-state index in [9.17, 15) is 4.79 Å². The molecule has 1 unspecified atom stereocenters. The van der Waals surface area contributed by atoms with Crippen molar-refractivity contribution >= 4 is 5.91 Å². The molecule has 0 aromatic heterocycles. The Kier molecular flexibility index (Phi) is 6.56. The number of nitrogens with zero attached hydrogens (tertiary/aromatic N) is 1. The van der Waals surface area contributed by atoms with Crippen LogP contribution in [0.15, 0.2) is 48.5 Å². The second-order valence-electron chi connectivity index (χ2n) is 6.16. The number of hydrogen-bond acceptors (Lipinski definition) is 2. The maximum atomic E-state index is 12.5. The van der Waals surface area contributed by atoms with Crippen LogP contribution in [0, 0.1) is 13.8 Å². The zero-order valence-corrected chi connectivity index (χ0v) is 15.2. The fraction of sp³-hybridized carbons (Fsp3) is 0.381. The fourth-order valence-electron chi connectivity index (χ4n) is 2.97. The number of likely N-dealkylation sites (N-methyl/N-ethyl adjacent to an activating group) is 1. The predicted molar refractivity (Wildman–Crippen MR) is 100 cm³/mol. The van der Waals surface area contributed by atoms with Crippen molar-refractivity contribution in [1.82, 2.24) is 10.2 Å². The third-order valence-corrected chi connectivity index (χ3v) is 4.66. The van der Waals surface area contributed by atoms with E-state index in [2.05, 4.69) is 55.3 Å². The van der Waals surface area contributed by atoms with Crippen molar-refractivity contribution in [2.24, 2.45) is 0 Å². The first-order chi connectivity index (χ1) is 11.6. The summed E-state index contributed by atoms with van der Waals surface area (Å²) in [6, 6.07) is 16.4. The van der Waals surface area contributed by atoms with Gasteiger partial charge >= 0.3 is 0 Å². The van der Waals surface area contributed by atoms with E-state index in [4.69, 9.17) is 0 Å². The van der Waals surface area contributed by atoms with E-state index in [1.807, 2.05) is 31.2 Å². The second kappa shape index (κ2) is 8.65. The molecule has 0 aliphatic rings. The molecule has 128 valence electrons. The molecule has 24 heavy (non-hydrogen) atoms. The smallest absolute Gasteiger partial charge is 0.251 e. The van der Waals surface area contributed by atoms with E-state index in [-0.39, 0.29) is 11.9 Å². The van der Waals surface area contributed by atoms with Gasteiger partial charge < -0.3 is 5.32 Å². The number of aryl methyl sites for hydroxylation is 2. The van der Waals surface area contributed by atoms with Crippen molar-refractivity contribution < 1.29 is 4.79 Å². The highest BCUT2D eigenvalue weighted by Gasteiger charge is 2.19. The summed E-state index contributed by atoms with van der Waals surface area (Å²) in [5.74, 6) is -0.00816. The molecule has 2 aromatic rings. The Bertz CT molecular complexity index is 663. The van der Waals surface area contributed by atoms with Gasteiger partial charge in [-0.1, -0.05) is 50.2 Å². The molecule has 3 heteroatoms. The molecule has 0 saturated heterocycles. The van der Waals surface area contributed by atoms with Gasteiger partial charge in [-0.2, -0.15) is 0 Å². The summed E-state index contributed by atoms with van der Waals surface area (Å²) in [4.78, 5) is 14.9. The summed E-state index contributed by atoms with van der Waals surface area (Å²) >= 11 is 0. The average Bonchev–Trinajstić information content (AvgIpc) is 2.61. The lowest BCUT2D eigenvalue weighted by Gasteiger charge is -2.30. The molecule has 2 rings (SSSR count). The lowest BCUT2D eigenvalue weighted by atomic mass is 10.0. The van der Waals surface area contributed by atoms with E-state index >= 15 is 0 Å². The van der Waals surface area contributed by atoms with Gasteiger partial charge in [-0.05, 0) is 55.8 Å². The number of benzene rings is 2. The lowest BCUT2D eigenvalue weighted by Crippen LogP contribution is -2.38. The quantitative estimate of drug-likeness (QED) is 0.831. The maximum Gasteiger partial charge on any atom is 0.251 e. The van der Waals surface area contributed by atoms with Gasteiger partial charge in [0.15, 0.2) is 0 Å². The summed E-state index contributed by atoms with van der Waals surface area (Å²) < 4.78 is 0. The van der Waals surface area contributed by atoms with Gasteiger partial charge in [0.05, 0.1) is 6.04 Å². The molecule has 0 aliphatic heterocycles. The van der Waals surface area contributed by atoms with E-state index in [0.717, 1.165) is 24.2 Å². The molecule has 0 aliphatic carbocycles. The zero-order valence-electron chi connectivity index (χ0n) is 15.2. The van der Waals surface area contributed by atoms with Crippen LogP contribution in [0.5, 0.6) is 0 Å². The van der Waals surface area contributed by atoms with Crippen molar-refractivity contribution in [3.63, 3.8) is 0 Å². The molecular formula is C21H28N2O. The van der Waals surface area contributed by atoms with Crippen LogP contribution >= 0.6 is 0 Å². The minimum absolute atomic E-state index is 0.00816. The zero-order chi connectivity index (χ0) is 17.5. The van der Waals surface area contributed by atoms with E-state index in [1.54, 1.807) is 0 Å². The molecule has 3 nitrogen and oxygen atoms in total. The molecule has 2 aromatic carbocycles. The minimum Gasteiger partial charge on any atom is -0.350 e. The van der Waals surface area contributed by atoms with Gasteiger partial charge in [-0.25, -0.2) is 0 Å². The summed E-state index contributed by atoms with van der Waals surface area (Å²) in [7, 11) is 0. The van der Waals surface area contributed by atoms with Gasteiger partial charge in [0.1, 0.15) is 0 Å². The standard InChI is InChI=1S/C21H28N2O/c1-5-23(6-2)20(18-10-8-7-9-11-18)15-22-21(24)19-13-12-16(3)17(4)14-19/h7-14,20H,5-6,15H2,1-4H3,(H,22,24). The molecule has 0 radical (unpaired) electrons. The molecule has 0 bridgehead atoms. The Morgan fingerprint density at radius 1 is 1.00 bits per heavy atom. The Morgan fingerprint density at radius 3 is 2.25 bits per heavy atom. The first-order valence-electron chi connectivity index (χ1n) is 8.71. The van der Waals surface area contributed by atoms with Gasteiger partial charge in [-0.15, -0.1) is 0 Å². The Balaban J connectivity index is 2.12. The van der Waals surface area contributed by atoms with E-state index in [0.29, 0.717) is 6.54 Å². The largest absolute Gasteiger partial charge is 0.350 e. The number of amides is 1. The Labute approximate surface area is 145 Å². The normalized spacial score (nSPS) is 12.2. The van der Waals surface area contributed by atoms with Crippen LogP contribution in [-0.4, -0.2) is 30.4 Å². The molecule has 0 heterocycles. The van der Waals surface area contributed by atoms with Crippen molar-refractivity contribution in [3.8, 4) is 0 Å². The fourth-order valence-corrected chi connectivity index (χ4v) is 2.97. The Morgan fingerprint density at radius 2 is 1.67 bits per heavy atom. The summed E-state index contributed by atoms with van der Waals surface area (Å²) in [5, 5.41) is 3.11. The number of hydrogen-bond donors (Lipinski definition) is 1. The van der Waals surface area contributed by atoms with Crippen LogP contribution in [0.3, 0.4) is 0 Å². The third kappa shape index (κ3) is 4.45. The van der Waals surface area contributed by atoms with Crippen LogP contribution in [0.1, 0.15) is 46.9 Å². The monoisotopic (exact) mass is 324 g/mol. The van der Waals surface area contributed by atoms with Gasteiger partial charge in [0.25, 0.3) is 5.91 Å². The van der Waals surface area contributed by atoms with Gasteiger partial charge in [0.2, 0.25) is 0 Å². The van der Waals surface area contributed by atoms with Gasteiger partial charge in [0, 0.05) is 12.1 Å². The Hall–Kier alpha value is -2.13. The number of carbonyl (C=O) groups excluding carboxylic acids is 1. The van der Waals surface area contributed by atoms with Crippen LogP contribution < -0.4 is 5.32 Å². The molecule has 0 spiro atoms. The lowest BCUT2D eigenvalue weighted by molar-refractivity contribution is 0.0935. The summed E-state index contributed by atoms with van der Waals surface area (Å²) in [5.41, 5.74) is 4.31. The highest BCUT2D eigenvalue weighted by Crippen LogP contribution is 2.19. The second-order valence-corrected chi connectivity index (χ2v) is 6.16. The molecule has 0 saturated carbocycles. The van der Waals surface area contributed by atoms with Crippen LogP contribution in [0.2, 0.25) is 0 Å². The topological polar surface area (TPSA) is 32.3 Å². The summed E-state index contributed by atoms with van der Waals surface area (Å²) in [6.45, 7) is 10.9. The van der Waals surface area contributed by atoms with Crippen LogP contribution in [-0.2, 0) is 0 Å². The van der Waals surface area contributed by atoms with Crippen LogP contribution in [0.4, 0.5) is 0 Å². The number of rotatable bonds is 7. The van der Waals surface area contributed by atoms with E-state index in [1.165, 1.54) is 11.1 Å². The SMILES string of the molecule is CCN(CC)C(CNC(=O)c1ccc(C)c(C)c1)c1ccccc1. The molecule has 1 N–H and O–H groups in total. The first-order valence-corrected chi connectivity index (χ1v) is 8.71. The third-order valence-electron chi connectivity index (χ3n) is 4.66. The summed E-state index contributed by atoms with van der Waals surface area (Å²) in [6.07, 6.45) is 0. The van der Waals surface area contributed by atoms with Crippen molar-refractivity contribution in [1.29, 1.82) is 0 Å². The molecular weight excluding hydrogens is 296 g/mol. The van der Waals surface area contributed by atoms with E-state index < -0.39 is 0 Å². The number of carbonyl (C=O) groups is 1. The highest BCUT2D eigenvalue weighted by atomic mass is 16.1. The highest BCUT2D eigenvalue weighted by molar-refractivity contribution is 5.94. The van der Waals surface area contributed by atoms with Crippen molar-refractivity contribution in [2.75, 3.05) is 19.6 Å². The van der Waals surface area contributed by atoms with Gasteiger partial charge in [-0.3, -0.25) is 9.69 Å². The molecule has 1 amide bonds. The number of nitrogens with one attached hydrogen (secondary N) is 1. The average molecular weight is 324 g/mol. The van der Waals surface area contributed by atoms with Crippen LogP contribution in [0.25, 0.3) is 0 Å². The predicted octanol–water partition coefficient (Wildman–Crippen LogP) is 4.12. The molecule has 1 atom stereocenters. The van der Waals surface area contributed by atoms with Crippen molar-refractivity contribution in [3.05, 3.63) is 70.8 Å². The first kappa shape index (κ1) is 18.2. The minimum atomic E-state index is -0.00816. The maximum absolute atomic E-state index is 12.5. The molecule has 0 fully saturated rings.